The standard InChI is InChI=1S/C15H20N2O3/c1-3-4-5-10-16-15(20)17(2)11-12-6-8-13(9-7-12)14(18)19/h3-4,6-9H,5,10-11H2,1-2H3,(H,16,20)(H,18,19)/b4-3+. The minimum absolute atomic E-state index is 0.142. The summed E-state index contributed by atoms with van der Waals surface area (Å²) in [6.45, 7) is 2.98. The first-order valence-electron chi connectivity index (χ1n) is 6.47. The number of urea groups is 1. The molecule has 2 N–H and O–H groups in total. The second-order valence-electron chi connectivity index (χ2n) is 4.45. The molecule has 0 spiro atoms. The van der Waals surface area contributed by atoms with Crippen molar-refractivity contribution in [3.05, 3.63) is 47.5 Å². The summed E-state index contributed by atoms with van der Waals surface area (Å²) in [7, 11) is 1.70. The highest BCUT2D eigenvalue weighted by Gasteiger charge is 2.08. The van der Waals surface area contributed by atoms with E-state index < -0.39 is 5.97 Å². The zero-order chi connectivity index (χ0) is 15.0. The molecule has 0 aliphatic heterocycles. The largest absolute Gasteiger partial charge is 0.478 e. The third-order valence-electron chi connectivity index (χ3n) is 2.79. The number of hydrogen-bond acceptors (Lipinski definition) is 2. The van der Waals surface area contributed by atoms with Crippen molar-refractivity contribution in [2.75, 3.05) is 13.6 Å². The maximum Gasteiger partial charge on any atom is 0.335 e. The quantitative estimate of drug-likeness (QED) is 0.619. The Bertz CT molecular complexity index is 480. The van der Waals surface area contributed by atoms with Crippen LogP contribution in [0.5, 0.6) is 0 Å². The molecule has 0 aliphatic carbocycles. The smallest absolute Gasteiger partial charge is 0.335 e. The van der Waals surface area contributed by atoms with Crippen LogP contribution in [-0.2, 0) is 6.54 Å². The Morgan fingerprint density at radius 2 is 1.95 bits per heavy atom. The van der Waals surface area contributed by atoms with Gasteiger partial charge in [-0.25, -0.2) is 9.59 Å². The number of rotatable bonds is 6. The molecular formula is C15H20N2O3. The van der Waals surface area contributed by atoms with E-state index >= 15 is 0 Å². The van der Waals surface area contributed by atoms with Gasteiger partial charge in [-0.05, 0) is 31.0 Å². The molecule has 1 rings (SSSR count). The number of amides is 2. The fourth-order valence-corrected chi connectivity index (χ4v) is 1.66. The number of nitrogens with zero attached hydrogens (tertiary/aromatic N) is 1. The number of allylic oxidation sites excluding steroid dienone is 1. The van der Waals surface area contributed by atoms with Crippen LogP contribution in [0.15, 0.2) is 36.4 Å². The van der Waals surface area contributed by atoms with Gasteiger partial charge in [0.1, 0.15) is 0 Å². The predicted molar refractivity (Wildman–Crippen MR) is 77.7 cm³/mol. The summed E-state index contributed by atoms with van der Waals surface area (Å²) in [5, 5.41) is 11.6. The lowest BCUT2D eigenvalue weighted by atomic mass is 10.1. The first-order valence-corrected chi connectivity index (χ1v) is 6.47. The van der Waals surface area contributed by atoms with Crippen LogP contribution in [0.2, 0.25) is 0 Å². The lowest BCUT2D eigenvalue weighted by Gasteiger charge is -2.17. The molecule has 108 valence electrons. The Labute approximate surface area is 118 Å². The van der Waals surface area contributed by atoms with Crippen LogP contribution in [0.1, 0.15) is 29.3 Å². The summed E-state index contributed by atoms with van der Waals surface area (Å²) < 4.78 is 0. The van der Waals surface area contributed by atoms with Gasteiger partial charge in [0.25, 0.3) is 0 Å². The summed E-state index contributed by atoms with van der Waals surface area (Å²) >= 11 is 0. The molecule has 2 amide bonds. The van der Waals surface area contributed by atoms with E-state index in [9.17, 15) is 9.59 Å². The van der Waals surface area contributed by atoms with Crippen molar-refractivity contribution in [2.45, 2.75) is 19.9 Å². The molecule has 0 aromatic heterocycles. The molecule has 0 atom stereocenters. The van der Waals surface area contributed by atoms with Gasteiger partial charge in [0.15, 0.2) is 0 Å². The second kappa shape index (κ2) is 7.99. The van der Waals surface area contributed by atoms with Gasteiger partial charge < -0.3 is 15.3 Å². The molecule has 0 heterocycles. The van der Waals surface area contributed by atoms with E-state index in [1.165, 1.54) is 12.1 Å². The predicted octanol–water partition coefficient (Wildman–Crippen LogP) is 2.49. The van der Waals surface area contributed by atoms with Crippen LogP contribution in [0.4, 0.5) is 4.79 Å². The lowest BCUT2D eigenvalue weighted by Crippen LogP contribution is -2.37. The van der Waals surface area contributed by atoms with Gasteiger partial charge in [-0.3, -0.25) is 0 Å². The molecule has 0 aliphatic rings. The van der Waals surface area contributed by atoms with Crippen molar-refractivity contribution in [2.24, 2.45) is 0 Å². The van der Waals surface area contributed by atoms with Crippen LogP contribution in [-0.4, -0.2) is 35.6 Å². The van der Waals surface area contributed by atoms with Crippen molar-refractivity contribution in [1.29, 1.82) is 0 Å². The zero-order valence-corrected chi connectivity index (χ0v) is 11.8. The first kappa shape index (κ1) is 15.8. The Kier molecular flexibility index (Phi) is 6.29. The molecule has 5 nitrogen and oxygen atoms in total. The third kappa shape index (κ3) is 5.14. The summed E-state index contributed by atoms with van der Waals surface area (Å²) in [6, 6.07) is 6.36. The van der Waals surface area contributed by atoms with Crippen LogP contribution in [0, 0.1) is 0 Å². The van der Waals surface area contributed by atoms with Crippen molar-refractivity contribution in [3.63, 3.8) is 0 Å². The van der Waals surface area contributed by atoms with Gasteiger partial charge in [0, 0.05) is 20.1 Å². The van der Waals surface area contributed by atoms with Gasteiger partial charge in [0.05, 0.1) is 5.56 Å². The third-order valence-corrected chi connectivity index (χ3v) is 2.79. The van der Waals surface area contributed by atoms with Gasteiger partial charge >= 0.3 is 12.0 Å². The van der Waals surface area contributed by atoms with Crippen molar-refractivity contribution < 1.29 is 14.7 Å². The van der Waals surface area contributed by atoms with Crippen molar-refractivity contribution in [1.82, 2.24) is 10.2 Å². The number of carboxylic acid groups (broad SMARTS) is 1. The monoisotopic (exact) mass is 276 g/mol. The Balaban J connectivity index is 2.46. The van der Waals surface area contributed by atoms with E-state index in [1.54, 1.807) is 24.1 Å². The summed E-state index contributed by atoms with van der Waals surface area (Å²) in [4.78, 5) is 24.1. The van der Waals surface area contributed by atoms with Crippen LogP contribution >= 0.6 is 0 Å². The van der Waals surface area contributed by atoms with E-state index in [-0.39, 0.29) is 11.6 Å². The van der Waals surface area contributed by atoms with E-state index in [0.717, 1.165) is 12.0 Å². The highest BCUT2D eigenvalue weighted by molar-refractivity contribution is 5.87. The van der Waals surface area contributed by atoms with Crippen molar-refractivity contribution in [3.8, 4) is 0 Å². The number of aromatic carboxylic acids is 1. The Morgan fingerprint density at radius 1 is 1.30 bits per heavy atom. The normalized spacial score (nSPS) is 10.5. The average molecular weight is 276 g/mol. The molecule has 0 fully saturated rings. The Hall–Kier alpha value is -2.30. The van der Waals surface area contributed by atoms with E-state index in [2.05, 4.69) is 5.32 Å². The minimum Gasteiger partial charge on any atom is -0.478 e. The number of carboxylic acids is 1. The number of carbonyl (C=O) groups is 2. The van der Waals surface area contributed by atoms with E-state index in [4.69, 9.17) is 5.11 Å². The molecule has 0 saturated heterocycles. The molecule has 0 radical (unpaired) electrons. The number of hydrogen-bond donors (Lipinski definition) is 2. The number of carbonyl (C=O) groups excluding carboxylic acids is 1. The number of nitrogens with one attached hydrogen (secondary N) is 1. The zero-order valence-electron chi connectivity index (χ0n) is 11.8. The lowest BCUT2D eigenvalue weighted by molar-refractivity contribution is 0.0697. The molecule has 0 unspecified atom stereocenters. The van der Waals surface area contributed by atoms with Crippen molar-refractivity contribution >= 4 is 12.0 Å². The van der Waals surface area contributed by atoms with Gasteiger partial charge in [-0.15, -0.1) is 0 Å². The topological polar surface area (TPSA) is 69.6 Å². The summed E-state index contributed by atoms with van der Waals surface area (Å²) in [5.41, 5.74) is 1.13. The maximum atomic E-state index is 11.8. The van der Waals surface area contributed by atoms with Crippen LogP contribution in [0.3, 0.4) is 0 Å². The maximum absolute atomic E-state index is 11.8. The molecule has 1 aromatic rings. The van der Waals surface area contributed by atoms with Gasteiger partial charge in [-0.1, -0.05) is 24.3 Å². The second-order valence-corrected chi connectivity index (χ2v) is 4.45. The van der Waals surface area contributed by atoms with E-state index in [1.807, 2.05) is 19.1 Å². The summed E-state index contributed by atoms with van der Waals surface area (Å²) in [6.07, 6.45) is 4.74. The molecule has 5 heteroatoms. The fourth-order valence-electron chi connectivity index (χ4n) is 1.66. The highest BCUT2D eigenvalue weighted by Crippen LogP contribution is 2.07. The average Bonchev–Trinajstić information content (AvgIpc) is 2.44. The minimum atomic E-state index is -0.952. The molecule has 20 heavy (non-hydrogen) atoms. The van der Waals surface area contributed by atoms with Gasteiger partial charge in [-0.2, -0.15) is 0 Å². The van der Waals surface area contributed by atoms with E-state index in [0.29, 0.717) is 13.1 Å². The Morgan fingerprint density at radius 3 is 2.50 bits per heavy atom. The van der Waals surface area contributed by atoms with Crippen LogP contribution in [0.25, 0.3) is 0 Å². The number of benzene rings is 1. The van der Waals surface area contributed by atoms with Crippen LogP contribution < -0.4 is 5.32 Å². The van der Waals surface area contributed by atoms with Gasteiger partial charge in [0.2, 0.25) is 0 Å². The summed E-state index contributed by atoms with van der Waals surface area (Å²) in [5.74, 6) is -0.952. The molecule has 0 bridgehead atoms. The SMILES string of the molecule is C/C=C/CCNC(=O)N(C)Cc1ccc(C(=O)O)cc1. The molecular weight excluding hydrogens is 256 g/mol. The fraction of sp³-hybridized carbons (Fsp3) is 0.333. The molecule has 1 aromatic carbocycles. The molecule has 0 saturated carbocycles. The highest BCUT2D eigenvalue weighted by atomic mass is 16.4. The first-order chi connectivity index (χ1) is 9.54.